The molecule has 9 nitrogen and oxygen atoms in total. The van der Waals surface area contributed by atoms with Crippen LogP contribution < -0.4 is 5.69 Å². The molecule has 2 fully saturated rings. The van der Waals surface area contributed by atoms with Gasteiger partial charge in [-0.1, -0.05) is 6.08 Å². The first-order chi connectivity index (χ1) is 15.2. The number of fused-ring (bicyclic) bond motifs is 1. The van der Waals surface area contributed by atoms with Crippen molar-refractivity contribution in [1.29, 1.82) is 0 Å². The molecule has 1 N–H and O–H groups in total. The molecule has 2 aliphatic carbocycles. The average Bonchev–Trinajstić information content (AvgIpc) is 3.57. The number of methoxy groups -OCH3 is 1. The summed E-state index contributed by atoms with van der Waals surface area (Å²) >= 11 is 0. The molecule has 0 amide bonds. The Labute approximate surface area is 180 Å². The second-order valence-electron chi connectivity index (χ2n) is 8.41. The van der Waals surface area contributed by atoms with Gasteiger partial charge in [-0.05, 0) is 24.8 Å². The van der Waals surface area contributed by atoms with Crippen LogP contribution in [0.2, 0.25) is 0 Å². The van der Waals surface area contributed by atoms with Crippen molar-refractivity contribution in [3.63, 3.8) is 0 Å². The van der Waals surface area contributed by atoms with Crippen LogP contribution in [0.1, 0.15) is 30.9 Å². The monoisotopic (exact) mass is 427 g/mol. The molecular formula is C22H29N5O4. The van der Waals surface area contributed by atoms with Crippen LogP contribution in [0.15, 0.2) is 34.7 Å². The molecule has 166 valence electrons. The zero-order chi connectivity index (χ0) is 21.2. The first kappa shape index (κ1) is 20.3. The van der Waals surface area contributed by atoms with E-state index in [-0.39, 0.29) is 11.6 Å². The summed E-state index contributed by atoms with van der Waals surface area (Å²) in [6.07, 6.45) is 8.79. The Kier molecular flexibility index (Phi) is 5.78. The Morgan fingerprint density at radius 1 is 1.29 bits per heavy atom. The summed E-state index contributed by atoms with van der Waals surface area (Å²) in [5.41, 5.74) is 1.88. The average molecular weight is 428 g/mol. The van der Waals surface area contributed by atoms with E-state index in [1.165, 1.54) is 12.8 Å². The van der Waals surface area contributed by atoms with Gasteiger partial charge in [0.05, 0.1) is 32.2 Å². The molecule has 3 heterocycles. The lowest BCUT2D eigenvalue weighted by atomic mass is 9.95. The van der Waals surface area contributed by atoms with E-state index in [1.807, 2.05) is 6.08 Å². The van der Waals surface area contributed by atoms with E-state index in [0.717, 1.165) is 50.1 Å². The number of nitrogens with zero attached hydrogens (tertiary/aromatic N) is 4. The standard InChI is InChI=1S/C22H29N5O4/c1-29-19-12-16(4-5-18(19)31-11-8-26-6-9-30-10-7-26)17-13-23-20-21(24-17)27(22(28)25-20)14-15-2-3-15/h4-5,13,15-16H,2-3,6-12,14H2,1H3,(H,23,25,28). The molecule has 0 radical (unpaired) electrons. The number of hydrogen-bond donors (Lipinski definition) is 1. The largest absolute Gasteiger partial charge is 0.497 e. The second kappa shape index (κ2) is 8.84. The first-order valence-electron chi connectivity index (χ1n) is 11.0. The normalized spacial score (nSPS) is 22.3. The minimum absolute atomic E-state index is 0.0258. The third-order valence-electron chi connectivity index (χ3n) is 6.19. The minimum atomic E-state index is -0.133. The van der Waals surface area contributed by atoms with Crippen molar-refractivity contribution in [2.24, 2.45) is 5.92 Å². The lowest BCUT2D eigenvalue weighted by Crippen LogP contribution is -2.38. The molecule has 1 atom stereocenters. The Bertz CT molecular complexity index is 1050. The van der Waals surface area contributed by atoms with Gasteiger partial charge in [0.15, 0.2) is 17.1 Å². The van der Waals surface area contributed by atoms with E-state index < -0.39 is 0 Å². The highest BCUT2D eigenvalue weighted by molar-refractivity contribution is 5.65. The van der Waals surface area contributed by atoms with Gasteiger partial charge in [-0.15, -0.1) is 0 Å². The number of hydrogen-bond acceptors (Lipinski definition) is 7. The summed E-state index contributed by atoms with van der Waals surface area (Å²) in [5, 5.41) is 0. The van der Waals surface area contributed by atoms with Crippen molar-refractivity contribution in [2.45, 2.75) is 31.7 Å². The summed E-state index contributed by atoms with van der Waals surface area (Å²) in [7, 11) is 1.67. The van der Waals surface area contributed by atoms with Crippen molar-refractivity contribution in [3.8, 4) is 0 Å². The molecule has 0 spiro atoms. The fourth-order valence-electron chi connectivity index (χ4n) is 4.13. The van der Waals surface area contributed by atoms with Crippen molar-refractivity contribution < 1.29 is 14.2 Å². The van der Waals surface area contributed by atoms with Gasteiger partial charge < -0.3 is 14.2 Å². The number of aromatic amines is 1. The summed E-state index contributed by atoms with van der Waals surface area (Å²) in [6, 6.07) is 0. The predicted octanol–water partition coefficient (Wildman–Crippen LogP) is 1.78. The Morgan fingerprint density at radius 3 is 2.90 bits per heavy atom. The number of nitrogens with one attached hydrogen (secondary N) is 1. The number of H-pyrrole nitrogens is 1. The minimum Gasteiger partial charge on any atom is -0.497 e. The zero-order valence-electron chi connectivity index (χ0n) is 17.9. The molecule has 31 heavy (non-hydrogen) atoms. The van der Waals surface area contributed by atoms with E-state index in [9.17, 15) is 4.79 Å². The number of rotatable bonds is 8. The summed E-state index contributed by atoms with van der Waals surface area (Å²) in [5.74, 6) is 2.18. The quantitative estimate of drug-likeness (QED) is 0.686. The van der Waals surface area contributed by atoms with Gasteiger partial charge in [-0.3, -0.25) is 14.5 Å². The third-order valence-corrected chi connectivity index (χ3v) is 6.19. The highest BCUT2D eigenvalue weighted by Gasteiger charge is 2.26. The molecule has 3 aliphatic rings. The third kappa shape index (κ3) is 4.52. The lowest BCUT2D eigenvalue weighted by molar-refractivity contribution is 0.0271. The number of imidazole rings is 1. The number of morpholine rings is 1. The van der Waals surface area contributed by atoms with Crippen LogP contribution in [-0.2, 0) is 20.8 Å². The Hall–Kier alpha value is -2.65. The van der Waals surface area contributed by atoms with Gasteiger partial charge in [0.25, 0.3) is 0 Å². The van der Waals surface area contributed by atoms with Gasteiger partial charge in [-0.2, -0.15) is 0 Å². The van der Waals surface area contributed by atoms with Gasteiger partial charge in [0, 0.05) is 38.5 Å². The molecule has 9 heteroatoms. The maximum Gasteiger partial charge on any atom is 0.328 e. The molecule has 1 saturated carbocycles. The van der Waals surface area contributed by atoms with Crippen molar-refractivity contribution in [2.75, 3.05) is 46.6 Å². The SMILES string of the molecule is COC1=C(OCCN2CCOCC2)C=CC(c2cnc3[nH]c(=O)n(CC4CC4)c3n2)C1. The van der Waals surface area contributed by atoms with Crippen LogP contribution in [0.3, 0.4) is 0 Å². The van der Waals surface area contributed by atoms with Crippen LogP contribution in [0.4, 0.5) is 0 Å². The van der Waals surface area contributed by atoms with Gasteiger partial charge in [0.1, 0.15) is 12.4 Å². The highest BCUT2D eigenvalue weighted by Crippen LogP contribution is 2.33. The maximum absolute atomic E-state index is 12.3. The Morgan fingerprint density at radius 2 is 2.13 bits per heavy atom. The molecule has 5 rings (SSSR count). The smallest absolute Gasteiger partial charge is 0.328 e. The molecule has 2 aromatic rings. The molecule has 1 aliphatic heterocycles. The van der Waals surface area contributed by atoms with Crippen LogP contribution >= 0.6 is 0 Å². The first-order valence-corrected chi connectivity index (χ1v) is 11.0. The fraction of sp³-hybridized carbons (Fsp3) is 0.591. The number of ether oxygens (including phenoxy) is 3. The maximum atomic E-state index is 12.3. The number of allylic oxidation sites excluding steroid dienone is 3. The van der Waals surface area contributed by atoms with E-state index in [2.05, 4.69) is 20.9 Å². The molecule has 0 aromatic carbocycles. The zero-order valence-corrected chi connectivity index (χ0v) is 17.9. The van der Waals surface area contributed by atoms with Crippen LogP contribution in [0.5, 0.6) is 0 Å². The van der Waals surface area contributed by atoms with Crippen LogP contribution in [0, 0.1) is 5.92 Å². The lowest BCUT2D eigenvalue weighted by Gasteiger charge is -2.27. The van der Waals surface area contributed by atoms with E-state index in [0.29, 0.717) is 36.8 Å². The van der Waals surface area contributed by atoms with Crippen LogP contribution in [0.25, 0.3) is 11.3 Å². The molecular weight excluding hydrogens is 398 g/mol. The summed E-state index contributed by atoms with van der Waals surface area (Å²) in [4.78, 5) is 26.7. The number of aromatic nitrogens is 4. The second-order valence-corrected chi connectivity index (χ2v) is 8.41. The summed E-state index contributed by atoms with van der Waals surface area (Å²) in [6.45, 7) is 5.66. The predicted molar refractivity (Wildman–Crippen MR) is 115 cm³/mol. The van der Waals surface area contributed by atoms with Crippen molar-refractivity contribution >= 4 is 11.3 Å². The molecule has 1 unspecified atom stereocenters. The van der Waals surface area contributed by atoms with E-state index >= 15 is 0 Å². The van der Waals surface area contributed by atoms with Gasteiger partial charge >= 0.3 is 5.69 Å². The van der Waals surface area contributed by atoms with Crippen molar-refractivity contribution in [3.05, 3.63) is 46.0 Å². The highest BCUT2D eigenvalue weighted by atomic mass is 16.5. The van der Waals surface area contributed by atoms with Gasteiger partial charge in [-0.25, -0.2) is 14.8 Å². The van der Waals surface area contributed by atoms with Crippen molar-refractivity contribution in [1.82, 2.24) is 24.4 Å². The fourth-order valence-corrected chi connectivity index (χ4v) is 4.13. The molecule has 1 saturated heterocycles. The van der Waals surface area contributed by atoms with Crippen LogP contribution in [-0.4, -0.2) is 71.0 Å². The summed E-state index contributed by atoms with van der Waals surface area (Å²) < 4.78 is 18.8. The Balaban J connectivity index is 1.27. The molecule has 2 aromatic heterocycles. The van der Waals surface area contributed by atoms with E-state index in [4.69, 9.17) is 19.2 Å². The molecule has 0 bridgehead atoms. The topological polar surface area (TPSA) is 94.5 Å². The van der Waals surface area contributed by atoms with Gasteiger partial charge in [0.2, 0.25) is 0 Å². The van der Waals surface area contributed by atoms with E-state index in [1.54, 1.807) is 17.9 Å².